The first-order valence-corrected chi connectivity index (χ1v) is 8.25. The van der Waals surface area contributed by atoms with E-state index in [4.69, 9.17) is 0 Å². The number of nitrogens with one attached hydrogen (secondary N) is 2. The number of benzene rings is 1. The van der Waals surface area contributed by atoms with Gasteiger partial charge in [0.15, 0.2) is 0 Å². The number of carbonyl (C=O) groups is 1. The Morgan fingerprint density at radius 3 is 2.43 bits per heavy atom. The van der Waals surface area contributed by atoms with Gasteiger partial charge in [0.05, 0.1) is 11.9 Å². The van der Waals surface area contributed by atoms with E-state index in [1.165, 1.54) is 0 Å². The minimum atomic E-state index is -0.216. The molecule has 2 rings (SSSR count). The van der Waals surface area contributed by atoms with Crippen molar-refractivity contribution in [2.75, 3.05) is 37.8 Å². The molecular formula is C17H21BrN4O. The third-order valence-corrected chi connectivity index (χ3v) is 3.74. The highest BCUT2D eigenvalue weighted by Crippen LogP contribution is 2.15. The van der Waals surface area contributed by atoms with E-state index in [0.717, 1.165) is 35.4 Å². The number of amides is 1. The molecule has 0 saturated heterocycles. The topological polar surface area (TPSA) is 57.3 Å². The number of aromatic nitrogens is 1. The molecule has 122 valence electrons. The maximum Gasteiger partial charge on any atom is 0.274 e. The molecule has 0 radical (unpaired) electrons. The monoisotopic (exact) mass is 376 g/mol. The van der Waals surface area contributed by atoms with Gasteiger partial charge in [-0.2, -0.15) is 0 Å². The van der Waals surface area contributed by atoms with Crippen LogP contribution in [0.4, 0.5) is 11.4 Å². The van der Waals surface area contributed by atoms with Crippen molar-refractivity contribution in [3.63, 3.8) is 0 Å². The van der Waals surface area contributed by atoms with Crippen molar-refractivity contribution in [3.8, 4) is 0 Å². The Balaban J connectivity index is 1.86. The van der Waals surface area contributed by atoms with E-state index < -0.39 is 0 Å². The summed E-state index contributed by atoms with van der Waals surface area (Å²) in [5, 5.41) is 6.12. The van der Waals surface area contributed by atoms with Crippen molar-refractivity contribution >= 4 is 33.2 Å². The summed E-state index contributed by atoms with van der Waals surface area (Å²) in [6, 6.07) is 11.0. The van der Waals surface area contributed by atoms with Gasteiger partial charge in [0, 0.05) is 16.7 Å². The molecular weight excluding hydrogens is 356 g/mol. The largest absolute Gasteiger partial charge is 0.384 e. The Morgan fingerprint density at radius 1 is 1.13 bits per heavy atom. The molecule has 0 aliphatic carbocycles. The number of hydrogen-bond acceptors (Lipinski definition) is 4. The lowest BCUT2D eigenvalue weighted by Gasteiger charge is -2.10. The van der Waals surface area contributed by atoms with Gasteiger partial charge in [0.2, 0.25) is 0 Å². The van der Waals surface area contributed by atoms with Crippen molar-refractivity contribution in [1.82, 2.24) is 9.88 Å². The first-order valence-electron chi connectivity index (χ1n) is 7.46. The third-order valence-electron chi connectivity index (χ3n) is 3.21. The number of hydrogen-bond donors (Lipinski definition) is 2. The summed E-state index contributed by atoms with van der Waals surface area (Å²) in [6.07, 6.45) is 2.74. The van der Waals surface area contributed by atoms with Crippen LogP contribution in [0.1, 0.15) is 16.9 Å². The molecule has 1 amide bonds. The van der Waals surface area contributed by atoms with Crippen molar-refractivity contribution in [2.45, 2.75) is 6.42 Å². The number of rotatable bonds is 7. The standard InChI is InChI=1S/C17H21BrN4O/c1-22(2)11-3-10-19-15-8-9-16(20-12-15)17(23)21-14-6-4-13(18)5-7-14/h4-9,12,19H,3,10-11H2,1-2H3,(H,21,23). The van der Waals surface area contributed by atoms with E-state index in [0.29, 0.717) is 5.69 Å². The highest BCUT2D eigenvalue weighted by molar-refractivity contribution is 9.10. The van der Waals surface area contributed by atoms with Gasteiger partial charge in [-0.3, -0.25) is 4.79 Å². The van der Waals surface area contributed by atoms with Gasteiger partial charge in [-0.05, 0) is 63.5 Å². The molecule has 0 atom stereocenters. The van der Waals surface area contributed by atoms with E-state index in [9.17, 15) is 4.79 Å². The number of carbonyl (C=O) groups excluding carboxylic acids is 1. The lowest BCUT2D eigenvalue weighted by atomic mass is 10.3. The summed E-state index contributed by atoms with van der Waals surface area (Å²) in [4.78, 5) is 18.5. The predicted octanol–water partition coefficient (Wildman–Crippen LogP) is 3.46. The summed E-state index contributed by atoms with van der Waals surface area (Å²) < 4.78 is 0.971. The second-order valence-corrected chi connectivity index (χ2v) is 6.39. The fourth-order valence-corrected chi connectivity index (χ4v) is 2.25. The van der Waals surface area contributed by atoms with Crippen LogP contribution in [0.25, 0.3) is 0 Å². The number of pyridine rings is 1. The minimum absolute atomic E-state index is 0.216. The van der Waals surface area contributed by atoms with Crippen LogP contribution in [-0.2, 0) is 0 Å². The van der Waals surface area contributed by atoms with Crippen LogP contribution < -0.4 is 10.6 Å². The van der Waals surface area contributed by atoms with Gasteiger partial charge < -0.3 is 15.5 Å². The number of halogens is 1. The molecule has 0 bridgehead atoms. The summed E-state index contributed by atoms with van der Waals surface area (Å²) in [7, 11) is 4.11. The van der Waals surface area contributed by atoms with Crippen molar-refractivity contribution in [2.24, 2.45) is 0 Å². The van der Waals surface area contributed by atoms with Crippen LogP contribution in [0, 0.1) is 0 Å². The first kappa shape index (κ1) is 17.4. The molecule has 0 fully saturated rings. The smallest absolute Gasteiger partial charge is 0.274 e. The number of nitrogens with zero attached hydrogens (tertiary/aromatic N) is 2. The summed E-state index contributed by atoms with van der Waals surface area (Å²) in [5.74, 6) is -0.216. The van der Waals surface area contributed by atoms with E-state index >= 15 is 0 Å². The second kappa shape index (κ2) is 8.64. The van der Waals surface area contributed by atoms with Crippen LogP contribution in [0.5, 0.6) is 0 Å². The summed E-state index contributed by atoms with van der Waals surface area (Å²) >= 11 is 3.36. The maximum absolute atomic E-state index is 12.1. The van der Waals surface area contributed by atoms with Gasteiger partial charge in [-0.1, -0.05) is 15.9 Å². The van der Waals surface area contributed by atoms with Gasteiger partial charge in [-0.25, -0.2) is 4.98 Å². The van der Waals surface area contributed by atoms with E-state index in [1.54, 1.807) is 12.3 Å². The first-order chi connectivity index (χ1) is 11.0. The van der Waals surface area contributed by atoms with Gasteiger partial charge in [-0.15, -0.1) is 0 Å². The average Bonchev–Trinajstić information content (AvgIpc) is 2.54. The van der Waals surface area contributed by atoms with Gasteiger partial charge >= 0.3 is 0 Å². The molecule has 0 unspecified atom stereocenters. The highest BCUT2D eigenvalue weighted by atomic mass is 79.9. The quantitative estimate of drug-likeness (QED) is 0.726. The minimum Gasteiger partial charge on any atom is -0.384 e. The maximum atomic E-state index is 12.1. The lowest BCUT2D eigenvalue weighted by Crippen LogP contribution is -2.16. The van der Waals surface area contributed by atoms with Gasteiger partial charge in [0.25, 0.3) is 5.91 Å². The lowest BCUT2D eigenvalue weighted by molar-refractivity contribution is 0.102. The zero-order valence-electron chi connectivity index (χ0n) is 13.3. The SMILES string of the molecule is CN(C)CCCNc1ccc(C(=O)Nc2ccc(Br)cc2)nc1. The third kappa shape index (κ3) is 6.00. The molecule has 5 nitrogen and oxygen atoms in total. The van der Waals surface area contributed by atoms with Crippen LogP contribution in [0.15, 0.2) is 47.1 Å². The molecule has 23 heavy (non-hydrogen) atoms. The molecule has 6 heteroatoms. The zero-order chi connectivity index (χ0) is 16.7. The van der Waals surface area contributed by atoms with Crippen LogP contribution in [0.2, 0.25) is 0 Å². The molecule has 1 aromatic heterocycles. The van der Waals surface area contributed by atoms with Crippen molar-refractivity contribution < 1.29 is 4.79 Å². The summed E-state index contributed by atoms with van der Waals surface area (Å²) in [5.41, 5.74) is 2.06. The highest BCUT2D eigenvalue weighted by Gasteiger charge is 2.07. The Morgan fingerprint density at radius 2 is 1.83 bits per heavy atom. The molecule has 0 aliphatic heterocycles. The van der Waals surface area contributed by atoms with Gasteiger partial charge in [0.1, 0.15) is 5.69 Å². The molecule has 0 aliphatic rings. The molecule has 1 aromatic carbocycles. The molecule has 0 saturated carbocycles. The van der Waals surface area contributed by atoms with E-state index in [2.05, 4.69) is 50.5 Å². The summed E-state index contributed by atoms with van der Waals surface area (Å²) in [6.45, 7) is 1.92. The molecule has 0 spiro atoms. The fourth-order valence-electron chi connectivity index (χ4n) is 1.99. The zero-order valence-corrected chi connectivity index (χ0v) is 14.9. The van der Waals surface area contributed by atoms with E-state index in [1.807, 2.05) is 30.3 Å². The second-order valence-electron chi connectivity index (χ2n) is 5.48. The van der Waals surface area contributed by atoms with Crippen molar-refractivity contribution in [1.29, 1.82) is 0 Å². The van der Waals surface area contributed by atoms with Crippen LogP contribution in [-0.4, -0.2) is 43.0 Å². The van der Waals surface area contributed by atoms with E-state index in [-0.39, 0.29) is 5.91 Å². The normalized spacial score (nSPS) is 10.6. The van der Waals surface area contributed by atoms with Crippen LogP contribution >= 0.6 is 15.9 Å². The average molecular weight is 377 g/mol. The molecule has 1 heterocycles. The Hall–Kier alpha value is -1.92. The molecule has 2 aromatic rings. The Labute approximate surface area is 145 Å². The van der Waals surface area contributed by atoms with Crippen molar-refractivity contribution in [3.05, 3.63) is 52.8 Å². The van der Waals surface area contributed by atoms with Crippen LogP contribution in [0.3, 0.4) is 0 Å². The fraction of sp³-hybridized carbons (Fsp3) is 0.294. The molecule has 2 N–H and O–H groups in total. The Bertz CT molecular complexity index is 626. The Kier molecular flexibility index (Phi) is 6.55. The number of anilines is 2. The predicted molar refractivity (Wildman–Crippen MR) is 98.0 cm³/mol.